The molecule has 1 unspecified atom stereocenters. The summed E-state index contributed by atoms with van der Waals surface area (Å²) in [6.07, 6.45) is 3.55. The van der Waals surface area contributed by atoms with Gasteiger partial charge in [-0.2, -0.15) is 0 Å². The minimum atomic E-state index is -0.185. The monoisotopic (exact) mass is 297 g/mol. The second kappa shape index (κ2) is 6.34. The molecule has 3 N–H and O–H groups in total. The van der Waals surface area contributed by atoms with Crippen molar-refractivity contribution in [1.82, 2.24) is 10.4 Å². The van der Waals surface area contributed by atoms with Gasteiger partial charge in [0, 0.05) is 11.1 Å². The molecule has 2 rings (SSSR count). The van der Waals surface area contributed by atoms with E-state index in [-0.39, 0.29) is 12.1 Å². The number of halogens is 1. The summed E-state index contributed by atoms with van der Waals surface area (Å²) in [6.45, 7) is 3.95. The van der Waals surface area contributed by atoms with Gasteiger partial charge in [0.2, 0.25) is 0 Å². The molecule has 0 fully saturated rings. The first-order valence-electron chi connectivity index (χ1n) is 5.92. The van der Waals surface area contributed by atoms with Crippen LogP contribution in [0.2, 0.25) is 5.02 Å². The first kappa shape index (κ1) is 14.3. The smallest absolute Gasteiger partial charge is 0.138 e. The zero-order valence-corrected chi connectivity index (χ0v) is 12.3. The number of ether oxygens (including phenoxy) is 1. The van der Waals surface area contributed by atoms with Gasteiger partial charge in [0.25, 0.3) is 0 Å². The third-order valence-electron chi connectivity index (χ3n) is 2.51. The molecule has 0 radical (unpaired) electrons. The molecule has 0 aromatic carbocycles. The zero-order valence-electron chi connectivity index (χ0n) is 10.8. The van der Waals surface area contributed by atoms with Crippen LogP contribution in [0.25, 0.3) is 0 Å². The van der Waals surface area contributed by atoms with Gasteiger partial charge in [-0.1, -0.05) is 11.6 Å². The van der Waals surface area contributed by atoms with Crippen molar-refractivity contribution < 1.29 is 4.74 Å². The standard InChI is InChI=1S/C13H16ClN3OS/c1-8(2)18-10-5-9(6-16-7-10)12(17-15)13-11(14)3-4-19-13/h3-8,12,17H,15H2,1-2H3. The molecule has 1 atom stereocenters. The zero-order chi connectivity index (χ0) is 13.8. The Balaban J connectivity index is 2.31. The van der Waals surface area contributed by atoms with E-state index in [9.17, 15) is 0 Å². The Morgan fingerprint density at radius 2 is 2.21 bits per heavy atom. The maximum Gasteiger partial charge on any atom is 0.138 e. The quantitative estimate of drug-likeness (QED) is 0.657. The molecule has 0 aliphatic heterocycles. The fraction of sp³-hybridized carbons (Fsp3) is 0.308. The minimum absolute atomic E-state index is 0.103. The maximum atomic E-state index is 6.15. The van der Waals surface area contributed by atoms with Gasteiger partial charge in [0.1, 0.15) is 5.75 Å². The number of nitrogens with one attached hydrogen (secondary N) is 1. The molecule has 4 nitrogen and oxygen atoms in total. The Morgan fingerprint density at radius 3 is 2.79 bits per heavy atom. The van der Waals surface area contributed by atoms with Crippen LogP contribution in [0, 0.1) is 0 Å². The van der Waals surface area contributed by atoms with Crippen molar-refractivity contribution in [1.29, 1.82) is 0 Å². The Hall–Kier alpha value is -1.14. The summed E-state index contributed by atoms with van der Waals surface area (Å²) in [5, 5.41) is 2.63. The summed E-state index contributed by atoms with van der Waals surface area (Å²) in [5.41, 5.74) is 3.69. The van der Waals surface area contributed by atoms with Crippen LogP contribution in [0.1, 0.15) is 30.3 Å². The average Bonchev–Trinajstić information content (AvgIpc) is 2.77. The third kappa shape index (κ3) is 3.45. The van der Waals surface area contributed by atoms with E-state index in [1.165, 1.54) is 0 Å². The highest BCUT2D eigenvalue weighted by Gasteiger charge is 2.18. The molecule has 0 aliphatic carbocycles. The van der Waals surface area contributed by atoms with Crippen molar-refractivity contribution >= 4 is 22.9 Å². The summed E-state index contributed by atoms with van der Waals surface area (Å²) >= 11 is 7.70. The second-order valence-corrected chi connectivity index (χ2v) is 5.71. The van der Waals surface area contributed by atoms with E-state index in [2.05, 4.69) is 10.4 Å². The van der Waals surface area contributed by atoms with Crippen LogP contribution in [0.5, 0.6) is 5.75 Å². The SMILES string of the molecule is CC(C)Oc1cncc(C(NN)c2sccc2Cl)c1. The molecule has 0 saturated carbocycles. The fourth-order valence-electron chi connectivity index (χ4n) is 1.76. The van der Waals surface area contributed by atoms with Crippen LogP contribution in [-0.2, 0) is 0 Å². The molecule has 0 amide bonds. The van der Waals surface area contributed by atoms with E-state index in [1.54, 1.807) is 23.7 Å². The Morgan fingerprint density at radius 1 is 1.42 bits per heavy atom. The lowest BCUT2D eigenvalue weighted by atomic mass is 10.1. The summed E-state index contributed by atoms with van der Waals surface area (Å²) in [7, 11) is 0. The predicted molar refractivity (Wildman–Crippen MR) is 78.5 cm³/mol. The number of hydrogen-bond donors (Lipinski definition) is 2. The molecule has 0 saturated heterocycles. The van der Waals surface area contributed by atoms with E-state index in [1.807, 2.05) is 31.4 Å². The highest BCUT2D eigenvalue weighted by molar-refractivity contribution is 7.10. The molecule has 0 bridgehead atoms. The van der Waals surface area contributed by atoms with Gasteiger partial charge >= 0.3 is 0 Å². The summed E-state index contributed by atoms with van der Waals surface area (Å²) in [4.78, 5) is 5.15. The molecule has 6 heteroatoms. The maximum absolute atomic E-state index is 6.15. The molecule has 2 heterocycles. The number of hydrazine groups is 1. The number of pyridine rings is 1. The van der Waals surface area contributed by atoms with Crippen LogP contribution in [0.15, 0.2) is 29.9 Å². The largest absolute Gasteiger partial charge is 0.489 e. The number of thiophene rings is 1. The van der Waals surface area contributed by atoms with E-state index in [0.717, 1.165) is 16.2 Å². The molecule has 102 valence electrons. The van der Waals surface area contributed by atoms with Gasteiger partial charge in [-0.15, -0.1) is 11.3 Å². The van der Waals surface area contributed by atoms with Crippen molar-refractivity contribution in [3.63, 3.8) is 0 Å². The molecule has 19 heavy (non-hydrogen) atoms. The summed E-state index contributed by atoms with van der Waals surface area (Å²) in [6, 6.07) is 3.59. The highest BCUT2D eigenvalue weighted by atomic mass is 35.5. The summed E-state index contributed by atoms with van der Waals surface area (Å²) in [5.74, 6) is 6.37. The Labute approximate surface area is 121 Å². The molecule has 0 spiro atoms. The van der Waals surface area contributed by atoms with Crippen molar-refractivity contribution in [3.8, 4) is 5.75 Å². The van der Waals surface area contributed by atoms with Crippen molar-refractivity contribution in [2.75, 3.05) is 0 Å². The minimum Gasteiger partial charge on any atom is -0.489 e. The second-order valence-electron chi connectivity index (χ2n) is 4.35. The molecule has 2 aromatic heterocycles. The predicted octanol–water partition coefficient (Wildman–Crippen LogP) is 3.14. The number of rotatable bonds is 5. The van der Waals surface area contributed by atoms with E-state index < -0.39 is 0 Å². The van der Waals surface area contributed by atoms with Crippen molar-refractivity contribution in [2.45, 2.75) is 26.0 Å². The van der Waals surface area contributed by atoms with Gasteiger partial charge in [-0.3, -0.25) is 10.8 Å². The van der Waals surface area contributed by atoms with Gasteiger partial charge in [-0.05, 0) is 36.9 Å². The topological polar surface area (TPSA) is 60.2 Å². The van der Waals surface area contributed by atoms with Gasteiger partial charge < -0.3 is 4.74 Å². The van der Waals surface area contributed by atoms with Crippen LogP contribution < -0.4 is 16.0 Å². The summed E-state index contributed by atoms with van der Waals surface area (Å²) < 4.78 is 5.64. The first-order valence-corrected chi connectivity index (χ1v) is 7.18. The Bertz CT molecular complexity index is 544. The van der Waals surface area contributed by atoms with Gasteiger partial charge in [0.15, 0.2) is 0 Å². The van der Waals surface area contributed by atoms with Crippen molar-refractivity contribution in [2.24, 2.45) is 5.84 Å². The van der Waals surface area contributed by atoms with Crippen LogP contribution in [0.3, 0.4) is 0 Å². The normalized spacial score (nSPS) is 12.7. The number of nitrogens with two attached hydrogens (primary N) is 1. The molecule has 2 aromatic rings. The average molecular weight is 298 g/mol. The lowest BCUT2D eigenvalue weighted by Gasteiger charge is -2.17. The molecule has 0 aliphatic rings. The van der Waals surface area contributed by atoms with Crippen LogP contribution >= 0.6 is 22.9 Å². The van der Waals surface area contributed by atoms with Gasteiger partial charge in [-0.25, -0.2) is 5.43 Å². The number of aromatic nitrogens is 1. The number of nitrogens with zero attached hydrogens (tertiary/aromatic N) is 1. The highest BCUT2D eigenvalue weighted by Crippen LogP contribution is 2.33. The number of hydrogen-bond acceptors (Lipinski definition) is 5. The van der Waals surface area contributed by atoms with E-state index in [0.29, 0.717) is 5.02 Å². The van der Waals surface area contributed by atoms with Crippen LogP contribution in [0.4, 0.5) is 0 Å². The van der Waals surface area contributed by atoms with Gasteiger partial charge in [0.05, 0.1) is 23.4 Å². The van der Waals surface area contributed by atoms with E-state index >= 15 is 0 Å². The fourth-order valence-corrected chi connectivity index (χ4v) is 3.02. The third-order valence-corrected chi connectivity index (χ3v) is 3.94. The van der Waals surface area contributed by atoms with Crippen molar-refractivity contribution in [3.05, 3.63) is 45.4 Å². The molecular formula is C13H16ClN3OS. The first-order chi connectivity index (χ1) is 9.11. The lowest BCUT2D eigenvalue weighted by Crippen LogP contribution is -2.28. The van der Waals surface area contributed by atoms with E-state index in [4.69, 9.17) is 22.2 Å². The van der Waals surface area contributed by atoms with Crippen LogP contribution in [-0.4, -0.2) is 11.1 Å². The molecular weight excluding hydrogens is 282 g/mol. The lowest BCUT2D eigenvalue weighted by molar-refractivity contribution is 0.241. The Kier molecular flexibility index (Phi) is 4.76.